The molecule has 0 aliphatic carbocycles. The van der Waals surface area contributed by atoms with Crippen LogP contribution in [0.3, 0.4) is 0 Å². The fourth-order valence-electron chi connectivity index (χ4n) is 2.36. The smallest absolute Gasteiger partial charge is 0.339 e. The number of sulfone groups is 1. The highest BCUT2D eigenvalue weighted by atomic mass is 32.2. The van der Waals surface area contributed by atoms with Crippen LogP contribution in [-0.4, -0.2) is 46.9 Å². The number of amides is 1. The van der Waals surface area contributed by atoms with Gasteiger partial charge in [0, 0.05) is 6.07 Å². The van der Waals surface area contributed by atoms with Crippen molar-refractivity contribution in [2.75, 3.05) is 31.9 Å². The third kappa shape index (κ3) is 5.01. The summed E-state index contributed by atoms with van der Waals surface area (Å²) in [5, 5.41) is 2.56. The summed E-state index contributed by atoms with van der Waals surface area (Å²) in [6.07, 6.45) is 0. The number of rotatable bonds is 8. The third-order valence-electron chi connectivity index (χ3n) is 3.84. The van der Waals surface area contributed by atoms with E-state index in [4.69, 9.17) is 14.2 Å². The van der Waals surface area contributed by atoms with Crippen LogP contribution in [0, 0.1) is 0 Å². The van der Waals surface area contributed by atoms with Gasteiger partial charge in [-0.15, -0.1) is 0 Å². The molecule has 0 aromatic heterocycles. The first kappa shape index (κ1) is 21.2. The molecule has 0 fully saturated rings. The van der Waals surface area contributed by atoms with Crippen molar-refractivity contribution >= 4 is 27.4 Å². The molecular weight excluding hydrogens is 386 g/mol. The number of benzene rings is 2. The number of anilines is 1. The second kappa shape index (κ2) is 9.23. The molecular formula is C19H21NO7S. The quantitative estimate of drug-likeness (QED) is 0.669. The number of carbonyl (C=O) groups excluding carboxylic acids is 2. The first-order valence-corrected chi connectivity index (χ1v) is 9.98. The van der Waals surface area contributed by atoms with Crippen molar-refractivity contribution in [1.82, 2.24) is 0 Å². The lowest BCUT2D eigenvalue weighted by Crippen LogP contribution is -2.22. The van der Waals surface area contributed by atoms with Crippen LogP contribution in [0.4, 0.5) is 5.69 Å². The van der Waals surface area contributed by atoms with Crippen LogP contribution in [0.25, 0.3) is 0 Å². The van der Waals surface area contributed by atoms with Crippen molar-refractivity contribution in [3.05, 3.63) is 48.0 Å². The molecule has 0 spiro atoms. The Hall–Kier alpha value is -3.07. The summed E-state index contributed by atoms with van der Waals surface area (Å²) >= 11 is 0. The summed E-state index contributed by atoms with van der Waals surface area (Å²) in [6, 6.07) is 10.5. The molecule has 0 atom stereocenters. The van der Waals surface area contributed by atoms with Gasteiger partial charge >= 0.3 is 5.97 Å². The highest BCUT2D eigenvalue weighted by molar-refractivity contribution is 7.91. The van der Waals surface area contributed by atoms with Crippen molar-refractivity contribution in [3.8, 4) is 11.5 Å². The number of esters is 1. The lowest BCUT2D eigenvalue weighted by Gasteiger charge is -2.12. The van der Waals surface area contributed by atoms with Gasteiger partial charge in [0.1, 0.15) is 11.5 Å². The van der Waals surface area contributed by atoms with Gasteiger partial charge in [-0.3, -0.25) is 4.79 Å². The van der Waals surface area contributed by atoms with E-state index < -0.39 is 28.3 Å². The molecule has 28 heavy (non-hydrogen) atoms. The van der Waals surface area contributed by atoms with E-state index in [1.54, 1.807) is 18.2 Å². The zero-order chi connectivity index (χ0) is 20.7. The summed E-state index contributed by atoms with van der Waals surface area (Å²) in [4.78, 5) is 24.3. The van der Waals surface area contributed by atoms with E-state index in [1.165, 1.54) is 45.4 Å². The summed E-state index contributed by atoms with van der Waals surface area (Å²) in [6.45, 7) is 0.891. The molecule has 0 saturated heterocycles. The van der Waals surface area contributed by atoms with Crippen LogP contribution in [-0.2, 0) is 19.4 Å². The van der Waals surface area contributed by atoms with Gasteiger partial charge in [0.05, 0.1) is 36.1 Å². The van der Waals surface area contributed by atoms with E-state index in [2.05, 4.69) is 5.32 Å². The second-order valence-electron chi connectivity index (χ2n) is 5.59. The summed E-state index contributed by atoms with van der Waals surface area (Å²) in [7, 11) is -0.663. The van der Waals surface area contributed by atoms with Gasteiger partial charge in [-0.1, -0.05) is 19.1 Å². The van der Waals surface area contributed by atoms with Gasteiger partial charge in [-0.25, -0.2) is 13.2 Å². The fourth-order valence-corrected chi connectivity index (χ4v) is 3.44. The van der Waals surface area contributed by atoms with Gasteiger partial charge in [-0.2, -0.15) is 0 Å². The molecule has 0 aliphatic heterocycles. The molecule has 2 aromatic carbocycles. The minimum Gasteiger partial charge on any atom is -0.497 e. The van der Waals surface area contributed by atoms with Gasteiger partial charge < -0.3 is 19.5 Å². The molecule has 0 bridgehead atoms. The van der Waals surface area contributed by atoms with Gasteiger partial charge in [0.25, 0.3) is 5.91 Å². The number of carbonyl (C=O) groups is 2. The Morgan fingerprint density at radius 2 is 1.75 bits per heavy atom. The van der Waals surface area contributed by atoms with E-state index in [0.717, 1.165) is 0 Å². The maximum Gasteiger partial charge on any atom is 0.339 e. The topological polar surface area (TPSA) is 108 Å². The Morgan fingerprint density at radius 3 is 2.39 bits per heavy atom. The second-order valence-corrected chi connectivity index (χ2v) is 7.84. The fraction of sp³-hybridized carbons (Fsp3) is 0.263. The molecule has 1 N–H and O–H groups in total. The summed E-state index contributed by atoms with van der Waals surface area (Å²) in [5.74, 6) is -0.736. The normalized spacial score (nSPS) is 10.8. The molecule has 2 aromatic rings. The zero-order valence-corrected chi connectivity index (χ0v) is 16.5. The average molecular weight is 407 g/mol. The molecule has 8 nitrogen and oxygen atoms in total. The molecule has 0 saturated carbocycles. The molecule has 1 amide bonds. The van der Waals surface area contributed by atoms with Crippen molar-refractivity contribution in [2.45, 2.75) is 11.8 Å². The van der Waals surface area contributed by atoms with Crippen molar-refractivity contribution < 1.29 is 32.2 Å². The lowest BCUT2D eigenvalue weighted by atomic mass is 10.2. The van der Waals surface area contributed by atoms with Crippen LogP contribution in [0.5, 0.6) is 11.5 Å². The predicted octanol–water partition coefficient (Wildman–Crippen LogP) is 2.29. The standard InChI is InChI=1S/C19H21NO7S/c1-4-28(23,24)17-8-6-5-7-14(17)19(22)27-12-18(21)20-15-10-9-13(25-2)11-16(15)26-3/h5-11H,4,12H2,1-3H3,(H,20,21). The SMILES string of the molecule is CCS(=O)(=O)c1ccccc1C(=O)OCC(=O)Nc1ccc(OC)cc1OC. The van der Waals surface area contributed by atoms with Crippen LogP contribution >= 0.6 is 0 Å². The molecule has 0 aliphatic rings. The summed E-state index contributed by atoms with van der Waals surface area (Å²) < 4.78 is 39.5. The number of hydrogen-bond acceptors (Lipinski definition) is 7. The van der Waals surface area contributed by atoms with E-state index in [1.807, 2.05) is 0 Å². The van der Waals surface area contributed by atoms with Gasteiger partial charge in [-0.05, 0) is 24.3 Å². The van der Waals surface area contributed by atoms with E-state index in [9.17, 15) is 18.0 Å². The Morgan fingerprint density at radius 1 is 1.04 bits per heavy atom. The minimum atomic E-state index is -3.61. The van der Waals surface area contributed by atoms with Crippen LogP contribution in [0.1, 0.15) is 17.3 Å². The maximum absolute atomic E-state index is 12.3. The number of hydrogen-bond donors (Lipinski definition) is 1. The predicted molar refractivity (Wildman–Crippen MR) is 103 cm³/mol. The van der Waals surface area contributed by atoms with Gasteiger partial charge in [0.15, 0.2) is 16.4 Å². The number of ether oxygens (including phenoxy) is 3. The Balaban J connectivity index is 2.07. The maximum atomic E-state index is 12.3. The molecule has 150 valence electrons. The first-order chi connectivity index (χ1) is 13.3. The van der Waals surface area contributed by atoms with E-state index >= 15 is 0 Å². The van der Waals surface area contributed by atoms with E-state index in [0.29, 0.717) is 17.2 Å². The van der Waals surface area contributed by atoms with Crippen molar-refractivity contribution in [1.29, 1.82) is 0 Å². The minimum absolute atomic E-state index is 0.112. The van der Waals surface area contributed by atoms with Gasteiger partial charge in [0.2, 0.25) is 0 Å². The van der Waals surface area contributed by atoms with Crippen molar-refractivity contribution in [2.24, 2.45) is 0 Å². The van der Waals surface area contributed by atoms with Crippen LogP contribution in [0.2, 0.25) is 0 Å². The highest BCUT2D eigenvalue weighted by Crippen LogP contribution is 2.29. The Labute approximate surface area is 163 Å². The number of methoxy groups -OCH3 is 2. The largest absolute Gasteiger partial charge is 0.497 e. The first-order valence-electron chi connectivity index (χ1n) is 8.33. The lowest BCUT2D eigenvalue weighted by molar-refractivity contribution is -0.119. The van der Waals surface area contributed by atoms with E-state index in [-0.39, 0.29) is 16.2 Å². The van der Waals surface area contributed by atoms with Crippen molar-refractivity contribution in [3.63, 3.8) is 0 Å². The van der Waals surface area contributed by atoms with Crippen LogP contribution < -0.4 is 14.8 Å². The zero-order valence-electron chi connectivity index (χ0n) is 15.7. The Bertz CT molecular complexity index is 970. The number of nitrogens with one attached hydrogen (secondary N) is 1. The Kier molecular flexibility index (Phi) is 7.00. The average Bonchev–Trinajstić information content (AvgIpc) is 2.72. The highest BCUT2D eigenvalue weighted by Gasteiger charge is 2.22. The molecule has 0 radical (unpaired) electrons. The molecule has 0 unspecified atom stereocenters. The van der Waals surface area contributed by atoms with Crippen LogP contribution in [0.15, 0.2) is 47.4 Å². The molecule has 2 rings (SSSR count). The summed E-state index contributed by atoms with van der Waals surface area (Å²) in [5.41, 5.74) is 0.262. The molecule has 9 heteroatoms. The third-order valence-corrected chi connectivity index (χ3v) is 5.63. The molecule has 0 heterocycles. The monoisotopic (exact) mass is 407 g/mol.